The number of hydrogen-bond acceptors (Lipinski definition) is 5. The summed E-state index contributed by atoms with van der Waals surface area (Å²) in [6.45, 7) is 6.76. The molecule has 2 atom stereocenters. The minimum atomic E-state index is -1.54. The van der Waals surface area contributed by atoms with Crippen molar-refractivity contribution in [3.05, 3.63) is 35.5 Å². The Hall–Kier alpha value is -2.74. The Labute approximate surface area is 157 Å². The molecule has 0 spiro atoms. The van der Waals surface area contributed by atoms with Gasteiger partial charge in [-0.2, -0.15) is 0 Å². The Morgan fingerprint density at radius 1 is 1.30 bits per heavy atom. The van der Waals surface area contributed by atoms with E-state index >= 15 is 0 Å². The number of aliphatic carboxylic acids is 2. The second kappa shape index (κ2) is 8.30. The molecular formula is C19H25NO7. The van der Waals surface area contributed by atoms with E-state index in [0.29, 0.717) is 11.1 Å². The van der Waals surface area contributed by atoms with Crippen molar-refractivity contribution < 1.29 is 34.5 Å². The van der Waals surface area contributed by atoms with Crippen LogP contribution in [0.25, 0.3) is 0 Å². The maximum atomic E-state index is 11.9. The number of carbonyl (C=O) groups excluding carboxylic acids is 2. The third kappa shape index (κ3) is 5.62. The van der Waals surface area contributed by atoms with Gasteiger partial charge in [0.1, 0.15) is 11.6 Å². The van der Waals surface area contributed by atoms with Crippen LogP contribution in [0.5, 0.6) is 0 Å². The van der Waals surface area contributed by atoms with Gasteiger partial charge in [-0.05, 0) is 37.1 Å². The van der Waals surface area contributed by atoms with Gasteiger partial charge in [-0.3, -0.25) is 14.4 Å². The fourth-order valence-corrected chi connectivity index (χ4v) is 2.96. The summed E-state index contributed by atoms with van der Waals surface area (Å²) in [4.78, 5) is 45.3. The van der Waals surface area contributed by atoms with E-state index in [0.717, 1.165) is 6.08 Å². The molecule has 0 aromatic rings. The molecule has 4 N–H and O–H groups in total. The van der Waals surface area contributed by atoms with E-state index in [-0.39, 0.29) is 12.2 Å². The molecule has 0 aromatic carbocycles. The lowest BCUT2D eigenvalue weighted by Gasteiger charge is -2.44. The molecule has 1 aliphatic rings. The van der Waals surface area contributed by atoms with Crippen LogP contribution in [0.4, 0.5) is 0 Å². The van der Waals surface area contributed by atoms with Gasteiger partial charge in [0.2, 0.25) is 5.91 Å². The van der Waals surface area contributed by atoms with E-state index in [9.17, 15) is 24.3 Å². The highest BCUT2D eigenvalue weighted by Crippen LogP contribution is 2.44. The quantitative estimate of drug-likeness (QED) is 0.385. The van der Waals surface area contributed by atoms with E-state index in [1.165, 1.54) is 18.2 Å². The topological polar surface area (TPSA) is 141 Å². The summed E-state index contributed by atoms with van der Waals surface area (Å²) >= 11 is 0. The average Bonchev–Trinajstić information content (AvgIpc) is 2.49. The van der Waals surface area contributed by atoms with E-state index in [1.807, 2.05) is 0 Å². The molecule has 8 nitrogen and oxygen atoms in total. The molecule has 0 fully saturated rings. The Kier molecular flexibility index (Phi) is 6.86. The van der Waals surface area contributed by atoms with Gasteiger partial charge in [-0.25, -0.2) is 4.79 Å². The van der Waals surface area contributed by atoms with Crippen molar-refractivity contribution in [3.8, 4) is 0 Å². The highest BCUT2D eigenvalue weighted by atomic mass is 16.4. The molecule has 0 radical (unpaired) electrons. The van der Waals surface area contributed by atoms with Gasteiger partial charge < -0.3 is 20.6 Å². The number of hydrogen-bond donors (Lipinski definition) is 4. The second-order valence-corrected chi connectivity index (χ2v) is 7.34. The number of allylic oxidation sites excluding steroid dienone is 3. The summed E-state index contributed by atoms with van der Waals surface area (Å²) < 4.78 is 0. The third-order valence-corrected chi connectivity index (χ3v) is 4.57. The lowest BCUT2D eigenvalue weighted by Crippen LogP contribution is -2.48. The number of amides is 1. The zero-order valence-electron chi connectivity index (χ0n) is 15.8. The molecule has 27 heavy (non-hydrogen) atoms. The molecule has 0 saturated carbocycles. The molecular weight excluding hydrogens is 354 g/mol. The van der Waals surface area contributed by atoms with Gasteiger partial charge in [-0.15, -0.1) is 0 Å². The molecule has 0 saturated heterocycles. The van der Waals surface area contributed by atoms with Crippen LogP contribution >= 0.6 is 0 Å². The molecule has 0 bridgehead atoms. The van der Waals surface area contributed by atoms with Crippen LogP contribution in [-0.4, -0.2) is 50.6 Å². The Bertz CT molecular complexity index is 745. The zero-order valence-corrected chi connectivity index (χ0v) is 15.8. The molecule has 148 valence electrons. The highest BCUT2D eigenvalue weighted by molar-refractivity contribution is 5.93. The Balaban J connectivity index is 2.96. The number of carboxylic acids is 2. The summed E-state index contributed by atoms with van der Waals surface area (Å²) in [5, 5.41) is 30.7. The Morgan fingerprint density at radius 3 is 2.37 bits per heavy atom. The third-order valence-electron chi connectivity index (χ3n) is 4.57. The molecule has 1 rings (SSSR count). The number of carboxylic acid groups (broad SMARTS) is 2. The van der Waals surface area contributed by atoms with E-state index in [4.69, 9.17) is 10.2 Å². The van der Waals surface area contributed by atoms with Crippen LogP contribution in [0.1, 0.15) is 40.5 Å². The minimum absolute atomic E-state index is 0.0691. The largest absolute Gasteiger partial charge is 0.481 e. The maximum Gasteiger partial charge on any atom is 0.326 e. The summed E-state index contributed by atoms with van der Waals surface area (Å²) in [6, 6.07) is -1.54. The van der Waals surface area contributed by atoms with Crippen LogP contribution in [-0.2, 0) is 19.2 Å². The number of carbonyl (C=O) groups is 4. The fraction of sp³-hybridized carbons (Fsp3) is 0.474. The van der Waals surface area contributed by atoms with Crippen LogP contribution < -0.4 is 5.32 Å². The SMILES string of the molecule is CC1=CC(=O)CC(C)(C)[C@]1(O)/C=C/C(C)=C\C(=O)N[C@@H](CC(=O)O)C(=O)O. The number of aliphatic hydroxyl groups is 1. The van der Waals surface area contributed by atoms with Gasteiger partial charge in [0.05, 0.1) is 6.42 Å². The predicted octanol–water partition coefficient (Wildman–Crippen LogP) is 1.21. The van der Waals surface area contributed by atoms with Gasteiger partial charge in [0.25, 0.3) is 0 Å². The summed E-state index contributed by atoms with van der Waals surface area (Å²) in [5.74, 6) is -3.62. The first-order chi connectivity index (χ1) is 12.3. The smallest absolute Gasteiger partial charge is 0.326 e. The zero-order chi connectivity index (χ0) is 21.0. The second-order valence-electron chi connectivity index (χ2n) is 7.34. The van der Waals surface area contributed by atoms with Gasteiger partial charge in [0.15, 0.2) is 5.78 Å². The van der Waals surface area contributed by atoms with Crippen LogP contribution in [0.15, 0.2) is 35.5 Å². The fourth-order valence-electron chi connectivity index (χ4n) is 2.96. The first-order valence-corrected chi connectivity index (χ1v) is 8.35. The van der Waals surface area contributed by atoms with Crippen LogP contribution in [0, 0.1) is 5.41 Å². The maximum absolute atomic E-state index is 11.9. The molecule has 0 aliphatic heterocycles. The lowest BCUT2D eigenvalue weighted by atomic mass is 9.64. The molecule has 8 heteroatoms. The van der Waals surface area contributed by atoms with Crippen molar-refractivity contribution in [3.63, 3.8) is 0 Å². The van der Waals surface area contributed by atoms with Crippen molar-refractivity contribution in [2.45, 2.75) is 52.2 Å². The van der Waals surface area contributed by atoms with Crippen LogP contribution in [0.3, 0.4) is 0 Å². The normalized spacial score (nSPS) is 23.7. The highest BCUT2D eigenvalue weighted by Gasteiger charge is 2.46. The van der Waals surface area contributed by atoms with Crippen molar-refractivity contribution >= 4 is 23.6 Å². The Morgan fingerprint density at radius 2 is 1.89 bits per heavy atom. The van der Waals surface area contributed by atoms with Crippen molar-refractivity contribution in [2.75, 3.05) is 0 Å². The van der Waals surface area contributed by atoms with Gasteiger partial charge >= 0.3 is 11.9 Å². The number of ketones is 1. The van der Waals surface area contributed by atoms with Crippen molar-refractivity contribution in [1.82, 2.24) is 5.32 Å². The molecule has 0 heterocycles. The van der Waals surface area contributed by atoms with Crippen LogP contribution in [0.2, 0.25) is 0 Å². The van der Waals surface area contributed by atoms with Crippen molar-refractivity contribution in [1.29, 1.82) is 0 Å². The predicted molar refractivity (Wildman–Crippen MR) is 96.8 cm³/mol. The van der Waals surface area contributed by atoms with Gasteiger partial charge in [0, 0.05) is 17.9 Å². The summed E-state index contributed by atoms with van der Waals surface area (Å²) in [5.41, 5.74) is -1.21. The molecule has 1 aliphatic carbocycles. The minimum Gasteiger partial charge on any atom is -0.481 e. The van der Waals surface area contributed by atoms with E-state index in [2.05, 4.69) is 5.32 Å². The standard InChI is InChI=1S/C19H25NO7/c1-11(7-15(22)20-14(17(25)26)9-16(23)24)5-6-19(27)12(2)8-13(21)10-18(19,3)4/h5-8,14,27H,9-10H2,1-4H3,(H,20,22)(H,23,24)(H,25,26)/b6-5+,11-7-/t14-,19-/m0/s1. The lowest BCUT2D eigenvalue weighted by molar-refractivity contribution is -0.146. The first-order valence-electron chi connectivity index (χ1n) is 8.35. The van der Waals surface area contributed by atoms with E-state index in [1.54, 1.807) is 27.7 Å². The molecule has 0 unspecified atom stereocenters. The van der Waals surface area contributed by atoms with Gasteiger partial charge in [-0.1, -0.05) is 19.9 Å². The van der Waals surface area contributed by atoms with Crippen molar-refractivity contribution in [2.24, 2.45) is 5.41 Å². The molecule has 1 amide bonds. The average molecular weight is 379 g/mol. The summed E-state index contributed by atoms with van der Waals surface area (Å²) in [7, 11) is 0. The van der Waals surface area contributed by atoms with E-state index < -0.39 is 41.3 Å². The monoisotopic (exact) mass is 379 g/mol. The number of rotatable bonds is 7. The first kappa shape index (κ1) is 22.3. The molecule has 0 aromatic heterocycles. The number of nitrogens with one attached hydrogen (secondary N) is 1. The summed E-state index contributed by atoms with van der Waals surface area (Å²) in [6.07, 6.45) is 4.93.